The molecule has 3 aromatic carbocycles. The van der Waals surface area contributed by atoms with Crippen molar-refractivity contribution in [2.24, 2.45) is 0 Å². The Balaban J connectivity index is 0.888. The van der Waals surface area contributed by atoms with Crippen LogP contribution in [0, 0.1) is 0 Å². The first-order chi connectivity index (χ1) is 30.2. The molecule has 21 heteroatoms. The van der Waals surface area contributed by atoms with Gasteiger partial charge in [-0.3, -0.25) is 24.2 Å². The molecule has 1 aliphatic carbocycles. The quantitative estimate of drug-likeness (QED) is 0.0401. The zero-order chi connectivity index (χ0) is 44.8. The minimum atomic E-state index is -1.36. The molecule has 0 spiro atoms. The summed E-state index contributed by atoms with van der Waals surface area (Å²) in [7, 11) is 0. The van der Waals surface area contributed by atoms with Crippen LogP contribution in [-0.4, -0.2) is 83.3 Å². The van der Waals surface area contributed by atoms with E-state index in [-0.39, 0.29) is 93.9 Å². The van der Waals surface area contributed by atoms with Crippen molar-refractivity contribution in [1.29, 1.82) is 0 Å². The molecule has 0 radical (unpaired) electrons. The molecule has 0 unspecified atom stereocenters. The SMILES string of the molecule is Nc1nc2ncc(CNc3ccc(C(=O)N[C@@H](CCC(=O)NCCNC(=S)Nc4ccc(C(=O)O)c(-c5c6ccc(=O)cc-6oc6cc(O)ccc56)c4)C(=O)O)cc3)nc2c(=O)[nH]1. The lowest BCUT2D eigenvalue weighted by molar-refractivity contribution is -0.139. The highest BCUT2D eigenvalue weighted by atomic mass is 32.1. The van der Waals surface area contributed by atoms with E-state index in [2.05, 4.69) is 46.5 Å². The highest BCUT2D eigenvalue weighted by molar-refractivity contribution is 7.80. The minimum Gasteiger partial charge on any atom is -0.508 e. The number of aromatic amines is 1. The van der Waals surface area contributed by atoms with E-state index in [1.54, 1.807) is 30.3 Å². The standard InChI is InChI=1S/C42H36N10O10S/c43-41-51-36-35(38(57)52-41)48-23(19-47-36)18-46-21-3-1-20(2-4-21)37(56)50-30(40(60)61)11-12-33(55)44-13-14-45-42(63)49-22-5-8-26(39(58)59)29(15-22)34-27-9-6-24(53)16-31(27)62-32-17-25(54)7-10-28(32)34/h1-10,15-17,19,30,46,53H,11-14,18H2,(H,44,55)(H,50,56)(H,58,59)(H,60,61)(H2,45,49,63)(H3,43,47,51,52,57)/t30-/m0/s1. The highest BCUT2D eigenvalue weighted by Gasteiger charge is 2.24. The maximum absolute atomic E-state index is 12.9. The van der Waals surface area contributed by atoms with Crippen molar-refractivity contribution in [3.63, 3.8) is 0 Å². The fraction of sp³-hybridized carbons (Fsp3) is 0.143. The van der Waals surface area contributed by atoms with Gasteiger partial charge in [-0.2, -0.15) is 4.98 Å². The van der Waals surface area contributed by atoms with E-state index in [1.807, 2.05) is 0 Å². The number of hydrogen-bond donors (Lipinski definition) is 10. The van der Waals surface area contributed by atoms with Gasteiger partial charge in [-0.05, 0) is 90.9 Å². The molecule has 0 bridgehead atoms. The van der Waals surface area contributed by atoms with Crippen LogP contribution < -0.4 is 43.3 Å². The third-order valence-corrected chi connectivity index (χ3v) is 9.80. The number of nitrogen functional groups attached to an aromatic ring is 1. The molecule has 1 atom stereocenters. The lowest BCUT2D eigenvalue weighted by Gasteiger charge is -2.18. The lowest BCUT2D eigenvalue weighted by Crippen LogP contribution is -2.42. The summed E-state index contributed by atoms with van der Waals surface area (Å²) >= 11 is 5.44. The van der Waals surface area contributed by atoms with Gasteiger partial charge < -0.3 is 52.1 Å². The molecule has 63 heavy (non-hydrogen) atoms. The number of nitrogens with zero attached hydrogens (tertiary/aromatic N) is 3. The molecule has 0 saturated heterocycles. The van der Waals surface area contributed by atoms with Crippen molar-refractivity contribution in [2.45, 2.75) is 25.4 Å². The number of H-pyrrole nitrogens is 1. The maximum atomic E-state index is 12.9. The monoisotopic (exact) mass is 872 g/mol. The van der Waals surface area contributed by atoms with E-state index in [4.69, 9.17) is 22.4 Å². The van der Waals surface area contributed by atoms with Crippen LogP contribution in [0.25, 0.3) is 44.6 Å². The Morgan fingerprint density at radius 3 is 2.40 bits per heavy atom. The maximum Gasteiger partial charge on any atom is 0.336 e. The van der Waals surface area contributed by atoms with E-state index in [1.165, 1.54) is 54.7 Å². The van der Waals surface area contributed by atoms with Gasteiger partial charge in [0.1, 0.15) is 23.1 Å². The molecule has 2 amide bonds. The Kier molecular flexibility index (Phi) is 12.5. The van der Waals surface area contributed by atoms with Crippen LogP contribution in [-0.2, 0) is 16.1 Å². The molecule has 20 nitrogen and oxygen atoms in total. The molecular formula is C42H36N10O10S. The number of aromatic carboxylic acids is 1. The molecule has 1 aliphatic heterocycles. The summed E-state index contributed by atoms with van der Waals surface area (Å²) in [5.41, 5.74) is 7.89. The number of carbonyl (C=O) groups is 4. The number of carbonyl (C=O) groups excluding carboxylic acids is 2. The summed E-state index contributed by atoms with van der Waals surface area (Å²) < 4.78 is 5.90. The Hall–Kier alpha value is -8.46. The summed E-state index contributed by atoms with van der Waals surface area (Å²) in [5.74, 6) is -3.61. The highest BCUT2D eigenvalue weighted by Crippen LogP contribution is 2.42. The Labute approximate surface area is 359 Å². The number of aromatic nitrogens is 4. The fourth-order valence-corrected chi connectivity index (χ4v) is 6.79. The molecule has 3 heterocycles. The average molecular weight is 873 g/mol. The number of fused-ring (bicyclic) bond motifs is 3. The van der Waals surface area contributed by atoms with Gasteiger partial charge in [0, 0.05) is 65.1 Å². The first-order valence-corrected chi connectivity index (χ1v) is 19.4. The molecule has 0 fully saturated rings. The predicted molar refractivity (Wildman–Crippen MR) is 235 cm³/mol. The molecule has 2 aliphatic rings. The zero-order valence-corrected chi connectivity index (χ0v) is 33.5. The molecule has 5 aromatic rings. The van der Waals surface area contributed by atoms with Crippen molar-refractivity contribution in [2.75, 3.05) is 29.5 Å². The number of nitrogens with one attached hydrogen (secondary N) is 6. The van der Waals surface area contributed by atoms with Gasteiger partial charge in [0.2, 0.25) is 11.9 Å². The van der Waals surface area contributed by atoms with Gasteiger partial charge >= 0.3 is 11.9 Å². The van der Waals surface area contributed by atoms with Crippen LogP contribution in [0.1, 0.15) is 39.3 Å². The molecule has 2 aromatic heterocycles. The van der Waals surface area contributed by atoms with Crippen LogP contribution in [0.2, 0.25) is 0 Å². The van der Waals surface area contributed by atoms with Crippen LogP contribution >= 0.6 is 12.2 Å². The number of rotatable bonds is 15. The molecule has 11 N–H and O–H groups in total. The van der Waals surface area contributed by atoms with Gasteiger partial charge in [0.15, 0.2) is 21.7 Å². The largest absolute Gasteiger partial charge is 0.508 e. The van der Waals surface area contributed by atoms with Crippen LogP contribution in [0.3, 0.4) is 0 Å². The number of nitrogens with two attached hydrogens (primary N) is 1. The van der Waals surface area contributed by atoms with E-state index in [9.17, 15) is 44.1 Å². The number of carboxylic acids is 2. The topological polar surface area (TPSA) is 317 Å². The van der Waals surface area contributed by atoms with Crippen molar-refractivity contribution in [1.82, 2.24) is 35.9 Å². The van der Waals surface area contributed by atoms with E-state index in [0.717, 1.165) is 0 Å². The number of hydrogen-bond acceptors (Lipinski definition) is 14. The molecule has 320 valence electrons. The third-order valence-electron chi connectivity index (χ3n) is 9.56. The Morgan fingerprint density at radius 2 is 1.63 bits per heavy atom. The first kappa shape index (κ1) is 42.7. The Morgan fingerprint density at radius 1 is 0.873 bits per heavy atom. The summed E-state index contributed by atoms with van der Waals surface area (Å²) in [6.45, 7) is 0.462. The Bertz CT molecular complexity index is 3030. The number of carboxylic acid groups (broad SMARTS) is 2. The third kappa shape index (κ3) is 10.1. The van der Waals surface area contributed by atoms with E-state index < -0.39 is 35.4 Å². The fourth-order valence-electron chi connectivity index (χ4n) is 6.57. The number of thiocarbonyl (C=S) groups is 1. The van der Waals surface area contributed by atoms with Crippen LogP contribution in [0.4, 0.5) is 17.3 Å². The van der Waals surface area contributed by atoms with Gasteiger partial charge in [0.05, 0.1) is 24.0 Å². The number of amides is 2. The van der Waals surface area contributed by atoms with E-state index >= 15 is 0 Å². The second kappa shape index (κ2) is 18.4. The molecule has 7 rings (SSSR count). The predicted octanol–water partition coefficient (Wildman–Crippen LogP) is 3.26. The number of phenolic OH excluding ortho intramolecular Hbond substituents is 1. The number of aliphatic carboxylic acids is 1. The first-order valence-electron chi connectivity index (χ1n) is 19.0. The van der Waals surface area contributed by atoms with Crippen molar-refractivity contribution in [3.8, 4) is 28.2 Å². The summed E-state index contributed by atoms with van der Waals surface area (Å²) in [6, 6.07) is 17.9. The van der Waals surface area contributed by atoms with Gasteiger partial charge in [0.25, 0.3) is 11.5 Å². The summed E-state index contributed by atoms with van der Waals surface area (Å²) in [4.78, 5) is 88.9. The molecular weight excluding hydrogens is 837 g/mol. The van der Waals surface area contributed by atoms with E-state index in [0.29, 0.717) is 33.6 Å². The zero-order valence-electron chi connectivity index (χ0n) is 32.7. The number of aromatic hydroxyl groups is 1. The smallest absolute Gasteiger partial charge is 0.336 e. The second-order valence-corrected chi connectivity index (χ2v) is 14.3. The average Bonchev–Trinajstić information content (AvgIpc) is 3.24. The number of anilines is 3. The second-order valence-electron chi connectivity index (χ2n) is 13.9. The van der Waals surface area contributed by atoms with Crippen LogP contribution in [0.15, 0.2) is 99.1 Å². The minimum absolute atomic E-state index is 0.0321. The number of phenols is 1. The van der Waals surface area contributed by atoms with Crippen molar-refractivity contribution in [3.05, 3.63) is 122 Å². The summed E-state index contributed by atoms with van der Waals surface area (Å²) in [6.07, 6.45) is 1.05. The van der Waals surface area contributed by atoms with Gasteiger partial charge in [-0.15, -0.1) is 0 Å². The number of benzene rings is 4. The molecule has 0 saturated carbocycles. The van der Waals surface area contributed by atoms with Gasteiger partial charge in [-0.1, -0.05) is 0 Å². The normalized spacial score (nSPS) is 11.5. The van der Waals surface area contributed by atoms with Crippen molar-refractivity contribution >= 4 is 80.5 Å². The van der Waals surface area contributed by atoms with Crippen molar-refractivity contribution < 1.29 is 38.9 Å². The van der Waals surface area contributed by atoms with Crippen LogP contribution in [0.5, 0.6) is 5.75 Å². The summed E-state index contributed by atoms with van der Waals surface area (Å²) in [5, 5.41) is 44.8. The van der Waals surface area contributed by atoms with Gasteiger partial charge in [-0.25, -0.2) is 19.6 Å². The lowest BCUT2D eigenvalue weighted by atomic mass is 9.90.